The SMILES string of the molecule is Cc1nc(NCc2ccc3c(c2)OCO3)ncc1C(=O)N1CCN(C(=O)c2ccco2)CC1. The third kappa shape index (κ3) is 4.32. The van der Waals surface area contributed by atoms with Crippen molar-refractivity contribution < 1.29 is 23.5 Å². The van der Waals surface area contributed by atoms with Crippen molar-refractivity contribution in [3.05, 3.63) is 65.4 Å². The number of anilines is 1. The third-order valence-corrected chi connectivity index (χ3v) is 5.68. The van der Waals surface area contributed by atoms with E-state index in [1.165, 1.54) is 6.26 Å². The molecule has 3 aromatic rings. The fourth-order valence-corrected chi connectivity index (χ4v) is 3.83. The number of nitrogens with zero attached hydrogens (tertiary/aromatic N) is 4. The minimum atomic E-state index is -0.163. The van der Waals surface area contributed by atoms with Crippen molar-refractivity contribution >= 4 is 17.8 Å². The lowest BCUT2D eigenvalue weighted by atomic mass is 10.2. The zero-order chi connectivity index (χ0) is 22.8. The first-order valence-electron chi connectivity index (χ1n) is 10.7. The molecule has 0 unspecified atom stereocenters. The number of aryl methyl sites for hydroxylation is 1. The number of piperazine rings is 1. The summed E-state index contributed by atoms with van der Waals surface area (Å²) in [6, 6.07) is 9.05. The fourth-order valence-electron chi connectivity index (χ4n) is 3.83. The summed E-state index contributed by atoms with van der Waals surface area (Å²) in [5.41, 5.74) is 2.05. The fraction of sp³-hybridized carbons (Fsp3) is 0.304. The van der Waals surface area contributed by atoms with Crippen LogP contribution in [0, 0.1) is 6.92 Å². The predicted molar refractivity (Wildman–Crippen MR) is 117 cm³/mol. The second kappa shape index (κ2) is 8.81. The number of hydrogen-bond donors (Lipinski definition) is 1. The van der Waals surface area contributed by atoms with Gasteiger partial charge >= 0.3 is 0 Å². The summed E-state index contributed by atoms with van der Waals surface area (Å²) in [4.78, 5) is 37.6. The third-order valence-electron chi connectivity index (χ3n) is 5.68. The molecular weight excluding hydrogens is 426 g/mol. The van der Waals surface area contributed by atoms with Gasteiger partial charge in [-0.05, 0) is 36.8 Å². The molecule has 1 aromatic carbocycles. The maximum Gasteiger partial charge on any atom is 0.289 e. The maximum atomic E-state index is 13.0. The predicted octanol–water partition coefficient (Wildman–Crippen LogP) is 2.32. The van der Waals surface area contributed by atoms with Gasteiger partial charge in [0, 0.05) is 38.9 Å². The number of nitrogens with one attached hydrogen (secondary N) is 1. The number of fused-ring (bicyclic) bond motifs is 1. The van der Waals surface area contributed by atoms with Crippen LogP contribution in [0.15, 0.2) is 47.2 Å². The van der Waals surface area contributed by atoms with E-state index in [0.29, 0.717) is 55.7 Å². The van der Waals surface area contributed by atoms with Crippen molar-refractivity contribution in [1.82, 2.24) is 19.8 Å². The van der Waals surface area contributed by atoms with Gasteiger partial charge in [-0.15, -0.1) is 0 Å². The van der Waals surface area contributed by atoms with Crippen LogP contribution < -0.4 is 14.8 Å². The number of ether oxygens (including phenoxy) is 2. The number of hydrogen-bond acceptors (Lipinski definition) is 8. The molecule has 5 rings (SSSR count). The van der Waals surface area contributed by atoms with E-state index in [1.807, 2.05) is 18.2 Å². The summed E-state index contributed by atoms with van der Waals surface area (Å²) in [6.07, 6.45) is 3.02. The Kier molecular flexibility index (Phi) is 5.55. The molecule has 1 saturated heterocycles. The highest BCUT2D eigenvalue weighted by molar-refractivity contribution is 5.95. The van der Waals surface area contributed by atoms with E-state index < -0.39 is 0 Å². The van der Waals surface area contributed by atoms with Crippen LogP contribution in [0.25, 0.3) is 0 Å². The normalized spacial score (nSPS) is 14.9. The monoisotopic (exact) mass is 449 g/mol. The largest absolute Gasteiger partial charge is 0.459 e. The molecule has 2 aromatic heterocycles. The lowest BCUT2D eigenvalue weighted by molar-refractivity contribution is 0.0517. The standard InChI is InChI=1S/C23H23N5O5/c1-15-17(21(29)27-6-8-28(9-7-27)22(30)19-3-2-10-31-19)13-25-23(26-15)24-12-16-4-5-18-20(11-16)33-14-32-18/h2-5,10-11,13H,6-9,12,14H2,1H3,(H,24,25,26). The van der Waals surface area contributed by atoms with Crippen LogP contribution >= 0.6 is 0 Å². The summed E-state index contributed by atoms with van der Waals surface area (Å²) in [7, 11) is 0. The van der Waals surface area contributed by atoms with Crippen molar-refractivity contribution in [2.45, 2.75) is 13.5 Å². The van der Waals surface area contributed by atoms with Crippen molar-refractivity contribution in [2.75, 3.05) is 38.3 Å². The van der Waals surface area contributed by atoms with Crippen LogP contribution in [-0.4, -0.2) is 64.6 Å². The zero-order valence-corrected chi connectivity index (χ0v) is 18.1. The van der Waals surface area contributed by atoms with Gasteiger partial charge in [0.2, 0.25) is 12.7 Å². The van der Waals surface area contributed by atoms with E-state index in [4.69, 9.17) is 13.9 Å². The van der Waals surface area contributed by atoms with E-state index in [1.54, 1.807) is 35.1 Å². The van der Waals surface area contributed by atoms with Gasteiger partial charge in [0.05, 0.1) is 17.5 Å². The Morgan fingerprint density at radius 2 is 1.79 bits per heavy atom. The Labute approximate surface area is 190 Å². The second-order valence-electron chi connectivity index (χ2n) is 7.80. The Morgan fingerprint density at radius 1 is 1.03 bits per heavy atom. The Balaban J connectivity index is 1.18. The highest BCUT2D eigenvalue weighted by Crippen LogP contribution is 2.32. The topological polar surface area (TPSA) is 110 Å². The average Bonchev–Trinajstić information content (AvgIpc) is 3.54. The van der Waals surface area contributed by atoms with Gasteiger partial charge in [-0.3, -0.25) is 9.59 Å². The van der Waals surface area contributed by atoms with E-state index in [9.17, 15) is 9.59 Å². The number of furan rings is 1. The average molecular weight is 449 g/mol. The highest BCUT2D eigenvalue weighted by Gasteiger charge is 2.27. The van der Waals surface area contributed by atoms with Crippen molar-refractivity contribution in [3.8, 4) is 11.5 Å². The van der Waals surface area contributed by atoms with Crippen LogP contribution in [0.3, 0.4) is 0 Å². The van der Waals surface area contributed by atoms with E-state index in [0.717, 1.165) is 17.1 Å². The highest BCUT2D eigenvalue weighted by atomic mass is 16.7. The molecule has 0 spiro atoms. The molecule has 0 radical (unpaired) electrons. The molecule has 2 aliphatic rings. The molecule has 33 heavy (non-hydrogen) atoms. The second-order valence-corrected chi connectivity index (χ2v) is 7.80. The van der Waals surface area contributed by atoms with Gasteiger partial charge in [0.15, 0.2) is 17.3 Å². The minimum Gasteiger partial charge on any atom is -0.459 e. The van der Waals surface area contributed by atoms with Gasteiger partial charge in [0.1, 0.15) is 0 Å². The van der Waals surface area contributed by atoms with Crippen LogP contribution in [0.5, 0.6) is 11.5 Å². The van der Waals surface area contributed by atoms with Crippen LogP contribution in [0.1, 0.15) is 32.2 Å². The van der Waals surface area contributed by atoms with Gasteiger partial charge in [-0.1, -0.05) is 6.07 Å². The summed E-state index contributed by atoms with van der Waals surface area (Å²) in [5.74, 6) is 1.90. The Morgan fingerprint density at radius 3 is 2.52 bits per heavy atom. The molecule has 2 aliphatic heterocycles. The van der Waals surface area contributed by atoms with E-state index in [-0.39, 0.29) is 18.6 Å². The van der Waals surface area contributed by atoms with Crippen molar-refractivity contribution in [1.29, 1.82) is 0 Å². The lowest BCUT2D eigenvalue weighted by Crippen LogP contribution is -2.50. The van der Waals surface area contributed by atoms with Crippen molar-refractivity contribution in [3.63, 3.8) is 0 Å². The Bertz CT molecular complexity index is 1170. The molecule has 1 fully saturated rings. The van der Waals surface area contributed by atoms with E-state index in [2.05, 4.69) is 15.3 Å². The quantitative estimate of drug-likeness (QED) is 0.632. The first kappa shape index (κ1) is 20.8. The molecule has 10 heteroatoms. The molecule has 1 N–H and O–H groups in total. The summed E-state index contributed by atoms with van der Waals surface area (Å²) >= 11 is 0. The molecule has 4 heterocycles. The van der Waals surface area contributed by atoms with Crippen LogP contribution in [-0.2, 0) is 6.54 Å². The number of aromatic nitrogens is 2. The number of amides is 2. The Hall–Kier alpha value is -4.08. The van der Waals surface area contributed by atoms with Crippen LogP contribution in [0.4, 0.5) is 5.95 Å². The van der Waals surface area contributed by atoms with Crippen molar-refractivity contribution in [2.24, 2.45) is 0 Å². The van der Waals surface area contributed by atoms with Gasteiger partial charge in [-0.2, -0.15) is 0 Å². The van der Waals surface area contributed by atoms with Crippen LogP contribution in [0.2, 0.25) is 0 Å². The molecule has 0 saturated carbocycles. The molecule has 170 valence electrons. The molecule has 2 amide bonds. The first-order chi connectivity index (χ1) is 16.1. The summed E-state index contributed by atoms with van der Waals surface area (Å²) in [6.45, 7) is 4.30. The van der Waals surface area contributed by atoms with Gasteiger partial charge in [-0.25, -0.2) is 9.97 Å². The molecule has 0 bridgehead atoms. The molecule has 0 atom stereocenters. The van der Waals surface area contributed by atoms with Gasteiger partial charge in [0.25, 0.3) is 11.8 Å². The number of carbonyl (C=O) groups excluding carboxylic acids is 2. The maximum absolute atomic E-state index is 13.0. The minimum absolute atomic E-state index is 0.139. The molecule has 10 nitrogen and oxygen atoms in total. The number of benzene rings is 1. The van der Waals surface area contributed by atoms with Gasteiger partial charge < -0.3 is 29.0 Å². The molecule has 0 aliphatic carbocycles. The summed E-state index contributed by atoms with van der Waals surface area (Å²) in [5, 5.41) is 3.17. The number of carbonyl (C=O) groups is 2. The molecular formula is C23H23N5O5. The van der Waals surface area contributed by atoms with E-state index >= 15 is 0 Å². The smallest absolute Gasteiger partial charge is 0.289 e. The summed E-state index contributed by atoms with van der Waals surface area (Å²) < 4.78 is 15.9. The number of rotatable bonds is 5. The first-order valence-corrected chi connectivity index (χ1v) is 10.7. The lowest BCUT2D eigenvalue weighted by Gasteiger charge is -2.34. The zero-order valence-electron chi connectivity index (χ0n) is 18.1.